The second-order valence-corrected chi connectivity index (χ2v) is 9.02. The molecule has 1 N–H and O–H groups in total. The first-order valence-corrected chi connectivity index (χ1v) is 10.6. The highest BCUT2D eigenvalue weighted by Crippen LogP contribution is 2.32. The van der Waals surface area contributed by atoms with Crippen molar-refractivity contribution in [1.82, 2.24) is 4.72 Å². The smallest absolute Gasteiger partial charge is 0.216 e. The second kappa shape index (κ2) is 8.42. The van der Waals surface area contributed by atoms with Crippen LogP contribution in [0.25, 0.3) is 0 Å². The summed E-state index contributed by atoms with van der Waals surface area (Å²) >= 11 is 5.85. The van der Waals surface area contributed by atoms with Crippen LogP contribution in [0.3, 0.4) is 0 Å². The van der Waals surface area contributed by atoms with Gasteiger partial charge in [-0.25, -0.2) is 13.1 Å². The van der Waals surface area contributed by atoms with Crippen LogP contribution in [0.5, 0.6) is 5.75 Å². The molecule has 0 heterocycles. The highest BCUT2D eigenvalue weighted by molar-refractivity contribution is 7.88. The molecule has 1 atom stereocenters. The molecule has 2 rings (SSSR count). The van der Waals surface area contributed by atoms with E-state index in [-0.39, 0.29) is 17.7 Å². The molecule has 0 bridgehead atoms. The Labute approximate surface area is 161 Å². The number of rotatable bonds is 7. The fourth-order valence-corrected chi connectivity index (χ4v) is 4.49. The predicted octanol–water partition coefficient (Wildman–Crippen LogP) is 4.96. The summed E-state index contributed by atoms with van der Waals surface area (Å²) in [4.78, 5) is 0. The van der Waals surface area contributed by atoms with Crippen LogP contribution < -0.4 is 9.46 Å². The quantitative estimate of drug-likeness (QED) is 0.720. The first kappa shape index (κ1) is 20.7. The van der Waals surface area contributed by atoms with Crippen molar-refractivity contribution in [3.05, 3.63) is 63.7 Å². The van der Waals surface area contributed by atoms with Crippen LogP contribution in [0, 0.1) is 6.92 Å². The summed E-state index contributed by atoms with van der Waals surface area (Å²) in [5.74, 6) is 1.03. The molecule has 0 saturated heterocycles. The third kappa shape index (κ3) is 5.22. The maximum atomic E-state index is 12.6. The summed E-state index contributed by atoms with van der Waals surface area (Å²) < 4.78 is 33.3. The predicted molar refractivity (Wildman–Crippen MR) is 107 cm³/mol. The van der Waals surface area contributed by atoms with Crippen LogP contribution in [0.2, 0.25) is 5.02 Å². The van der Waals surface area contributed by atoms with Crippen molar-refractivity contribution in [2.75, 3.05) is 7.11 Å². The molecule has 2 aromatic rings. The maximum absolute atomic E-state index is 12.6. The van der Waals surface area contributed by atoms with Crippen molar-refractivity contribution >= 4 is 21.6 Å². The largest absolute Gasteiger partial charge is 0.496 e. The molecular weight excluding hydrogens is 370 g/mol. The lowest BCUT2D eigenvalue weighted by Gasteiger charge is -2.21. The lowest BCUT2D eigenvalue weighted by atomic mass is 9.94. The van der Waals surface area contributed by atoms with Gasteiger partial charge in [0.1, 0.15) is 5.75 Å². The molecule has 4 nitrogen and oxygen atoms in total. The van der Waals surface area contributed by atoms with Crippen LogP contribution in [0.15, 0.2) is 36.4 Å². The van der Waals surface area contributed by atoms with Crippen LogP contribution in [0.4, 0.5) is 0 Å². The van der Waals surface area contributed by atoms with Crippen molar-refractivity contribution in [3.8, 4) is 5.75 Å². The number of hydrogen-bond donors (Lipinski definition) is 1. The van der Waals surface area contributed by atoms with Gasteiger partial charge in [-0.2, -0.15) is 0 Å². The zero-order chi connectivity index (χ0) is 19.5. The van der Waals surface area contributed by atoms with Crippen molar-refractivity contribution < 1.29 is 13.2 Å². The van der Waals surface area contributed by atoms with Gasteiger partial charge in [0.15, 0.2) is 0 Å². The number of hydrogen-bond acceptors (Lipinski definition) is 3. The highest BCUT2D eigenvalue weighted by Gasteiger charge is 2.20. The molecule has 1 unspecified atom stereocenters. The fraction of sp³-hybridized carbons (Fsp3) is 0.400. The van der Waals surface area contributed by atoms with Gasteiger partial charge in [0.2, 0.25) is 10.0 Å². The molecule has 0 aliphatic rings. The van der Waals surface area contributed by atoms with Gasteiger partial charge in [-0.15, -0.1) is 0 Å². The number of ether oxygens (including phenoxy) is 1. The van der Waals surface area contributed by atoms with Crippen LogP contribution in [-0.4, -0.2) is 15.5 Å². The van der Waals surface area contributed by atoms with Gasteiger partial charge in [0, 0.05) is 11.1 Å². The third-order valence-corrected chi connectivity index (χ3v) is 6.01. The Bertz CT molecular complexity index is 861. The number of sulfonamides is 1. The Hall–Kier alpha value is -1.56. The Morgan fingerprint density at radius 2 is 1.69 bits per heavy atom. The Balaban J connectivity index is 2.24. The number of halogens is 1. The summed E-state index contributed by atoms with van der Waals surface area (Å²) in [5, 5.41) is 0.586. The van der Waals surface area contributed by atoms with Gasteiger partial charge in [0.05, 0.1) is 12.9 Å². The normalized spacial score (nSPS) is 13.0. The van der Waals surface area contributed by atoms with Crippen LogP contribution in [-0.2, 0) is 15.8 Å². The first-order valence-electron chi connectivity index (χ1n) is 8.56. The molecule has 0 aliphatic heterocycles. The van der Waals surface area contributed by atoms with E-state index in [0.717, 1.165) is 22.4 Å². The minimum Gasteiger partial charge on any atom is -0.496 e. The molecule has 26 heavy (non-hydrogen) atoms. The van der Waals surface area contributed by atoms with E-state index in [2.05, 4.69) is 18.6 Å². The van der Waals surface area contributed by atoms with E-state index < -0.39 is 10.0 Å². The molecule has 0 aromatic heterocycles. The summed E-state index contributed by atoms with van der Waals surface area (Å²) in [6.45, 7) is 8.00. The van der Waals surface area contributed by atoms with Crippen molar-refractivity contribution in [3.63, 3.8) is 0 Å². The molecule has 0 amide bonds. The third-order valence-electron chi connectivity index (χ3n) is 4.33. The van der Waals surface area contributed by atoms with E-state index in [4.69, 9.17) is 16.3 Å². The SMILES string of the molecule is COc1cc(C)c(C(C)NS(=O)(=O)Cc2ccc(Cl)cc2)cc1C(C)C. The van der Waals surface area contributed by atoms with E-state index in [0.29, 0.717) is 10.6 Å². The van der Waals surface area contributed by atoms with Gasteiger partial charge in [-0.3, -0.25) is 0 Å². The number of benzene rings is 2. The Morgan fingerprint density at radius 1 is 1.08 bits per heavy atom. The summed E-state index contributed by atoms with van der Waals surface area (Å²) in [6, 6.07) is 10.5. The second-order valence-electron chi connectivity index (χ2n) is 6.83. The molecular formula is C20H26ClNO3S. The number of aryl methyl sites for hydroxylation is 1. The van der Waals surface area contributed by atoms with Gasteiger partial charge in [-0.05, 0) is 66.3 Å². The lowest BCUT2D eigenvalue weighted by molar-refractivity contribution is 0.406. The zero-order valence-corrected chi connectivity index (χ0v) is 17.4. The molecule has 142 valence electrons. The number of methoxy groups -OCH3 is 1. The Morgan fingerprint density at radius 3 is 2.23 bits per heavy atom. The van der Waals surface area contributed by atoms with Crippen molar-refractivity contribution in [2.45, 2.75) is 45.4 Å². The van der Waals surface area contributed by atoms with Gasteiger partial charge < -0.3 is 4.74 Å². The molecule has 2 aromatic carbocycles. The van der Waals surface area contributed by atoms with E-state index in [9.17, 15) is 8.42 Å². The summed E-state index contributed by atoms with van der Waals surface area (Å²) in [5.41, 5.74) is 3.71. The molecule has 0 radical (unpaired) electrons. The van der Waals surface area contributed by atoms with Gasteiger partial charge >= 0.3 is 0 Å². The number of nitrogens with one attached hydrogen (secondary N) is 1. The van der Waals surface area contributed by atoms with Crippen LogP contribution in [0.1, 0.15) is 55.0 Å². The summed E-state index contributed by atoms with van der Waals surface area (Å²) in [6.07, 6.45) is 0. The van der Waals surface area contributed by atoms with E-state index >= 15 is 0 Å². The molecule has 0 saturated carbocycles. The van der Waals surface area contributed by atoms with Crippen molar-refractivity contribution in [2.24, 2.45) is 0 Å². The van der Waals surface area contributed by atoms with E-state index in [1.165, 1.54) is 0 Å². The fourth-order valence-electron chi connectivity index (χ4n) is 2.98. The van der Waals surface area contributed by atoms with Crippen molar-refractivity contribution in [1.29, 1.82) is 0 Å². The zero-order valence-electron chi connectivity index (χ0n) is 15.8. The van der Waals surface area contributed by atoms with E-state index in [1.54, 1.807) is 31.4 Å². The molecule has 0 fully saturated rings. The summed E-state index contributed by atoms with van der Waals surface area (Å²) in [7, 11) is -1.83. The first-order chi connectivity index (χ1) is 12.1. The minimum atomic E-state index is -3.48. The average molecular weight is 396 g/mol. The van der Waals surface area contributed by atoms with Crippen LogP contribution >= 0.6 is 11.6 Å². The van der Waals surface area contributed by atoms with Gasteiger partial charge in [-0.1, -0.05) is 37.6 Å². The lowest BCUT2D eigenvalue weighted by Crippen LogP contribution is -2.28. The average Bonchev–Trinajstić information content (AvgIpc) is 2.55. The highest BCUT2D eigenvalue weighted by atomic mass is 35.5. The standard InChI is InChI=1S/C20H26ClNO3S/c1-13(2)18-11-19(14(3)10-20(18)25-5)15(4)22-26(23,24)12-16-6-8-17(21)9-7-16/h6-11,13,15,22H,12H2,1-5H3. The molecule has 0 spiro atoms. The van der Waals surface area contributed by atoms with E-state index in [1.807, 2.05) is 26.0 Å². The topological polar surface area (TPSA) is 55.4 Å². The van der Waals surface area contributed by atoms with Gasteiger partial charge in [0.25, 0.3) is 0 Å². The monoisotopic (exact) mass is 395 g/mol. The maximum Gasteiger partial charge on any atom is 0.216 e. The Kier molecular flexibility index (Phi) is 6.72. The molecule has 0 aliphatic carbocycles. The molecule has 6 heteroatoms. The minimum absolute atomic E-state index is 0.0826.